The molecule has 3 N–H and O–H groups in total. The van der Waals surface area contributed by atoms with Crippen molar-refractivity contribution in [3.63, 3.8) is 0 Å². The van der Waals surface area contributed by atoms with Crippen molar-refractivity contribution in [3.05, 3.63) is 35.5 Å². The van der Waals surface area contributed by atoms with Crippen LogP contribution in [0.3, 0.4) is 0 Å². The van der Waals surface area contributed by atoms with Gasteiger partial charge in [0.2, 0.25) is 5.91 Å². The number of ether oxygens (including phenoxy) is 1. The van der Waals surface area contributed by atoms with Crippen molar-refractivity contribution in [1.82, 2.24) is 10.3 Å². The van der Waals surface area contributed by atoms with Crippen LogP contribution in [0.1, 0.15) is 30.4 Å². The number of aromatic nitrogens is 1. The van der Waals surface area contributed by atoms with Gasteiger partial charge in [-0.2, -0.15) is 0 Å². The first-order chi connectivity index (χ1) is 11.5. The SMILES string of the molecule is Cc1cccc2[nH]cc(CC(=O)NC3(CC(=O)O)CCOCC3)c12. The van der Waals surface area contributed by atoms with Crippen LogP contribution in [0.4, 0.5) is 0 Å². The van der Waals surface area contributed by atoms with Crippen molar-refractivity contribution in [2.24, 2.45) is 0 Å². The van der Waals surface area contributed by atoms with Crippen LogP contribution >= 0.6 is 0 Å². The summed E-state index contributed by atoms with van der Waals surface area (Å²) in [5.74, 6) is -1.05. The van der Waals surface area contributed by atoms with Crippen molar-refractivity contribution in [2.75, 3.05) is 13.2 Å². The molecule has 0 atom stereocenters. The summed E-state index contributed by atoms with van der Waals surface area (Å²) in [4.78, 5) is 26.9. The number of carboxylic acids is 1. The van der Waals surface area contributed by atoms with E-state index in [1.807, 2.05) is 31.3 Å². The molecule has 24 heavy (non-hydrogen) atoms. The number of hydrogen-bond donors (Lipinski definition) is 3. The van der Waals surface area contributed by atoms with Gasteiger partial charge in [-0.25, -0.2) is 0 Å². The van der Waals surface area contributed by atoms with Crippen LogP contribution in [-0.2, 0) is 20.7 Å². The number of aromatic amines is 1. The number of H-pyrrole nitrogens is 1. The highest BCUT2D eigenvalue weighted by molar-refractivity contribution is 5.91. The van der Waals surface area contributed by atoms with E-state index in [9.17, 15) is 14.7 Å². The Kier molecular flexibility index (Phi) is 4.57. The zero-order valence-corrected chi connectivity index (χ0v) is 13.7. The second-order valence-corrected chi connectivity index (χ2v) is 6.50. The molecule has 0 spiro atoms. The number of aliphatic carboxylic acids is 1. The van der Waals surface area contributed by atoms with E-state index in [1.54, 1.807) is 0 Å². The molecule has 1 saturated heterocycles. The van der Waals surface area contributed by atoms with Gasteiger partial charge >= 0.3 is 5.97 Å². The van der Waals surface area contributed by atoms with E-state index in [0.717, 1.165) is 22.0 Å². The fourth-order valence-corrected chi connectivity index (χ4v) is 3.50. The lowest BCUT2D eigenvalue weighted by Gasteiger charge is -2.36. The molecule has 128 valence electrons. The number of carboxylic acid groups (broad SMARTS) is 1. The number of amides is 1. The Hall–Kier alpha value is -2.34. The summed E-state index contributed by atoms with van der Waals surface area (Å²) in [7, 11) is 0. The summed E-state index contributed by atoms with van der Waals surface area (Å²) in [5.41, 5.74) is 2.34. The maximum absolute atomic E-state index is 12.6. The molecule has 1 fully saturated rings. The van der Waals surface area contributed by atoms with Crippen LogP contribution in [0.25, 0.3) is 10.9 Å². The Bertz CT molecular complexity index is 759. The van der Waals surface area contributed by atoms with Crippen LogP contribution in [0, 0.1) is 6.92 Å². The largest absolute Gasteiger partial charge is 0.481 e. The molecule has 2 aromatic rings. The number of nitrogens with one attached hydrogen (secondary N) is 2. The first kappa shape index (κ1) is 16.5. The summed E-state index contributed by atoms with van der Waals surface area (Å²) in [6, 6.07) is 5.97. The molecular weight excluding hydrogens is 308 g/mol. The van der Waals surface area contributed by atoms with E-state index in [4.69, 9.17) is 4.74 Å². The van der Waals surface area contributed by atoms with Gasteiger partial charge in [-0.15, -0.1) is 0 Å². The standard InChI is InChI=1S/C18H22N2O4/c1-12-3-2-4-14-17(12)13(11-19-14)9-15(21)20-18(10-16(22)23)5-7-24-8-6-18/h2-4,11,19H,5-10H2,1H3,(H,20,21)(H,22,23). The summed E-state index contributed by atoms with van der Waals surface area (Å²) < 4.78 is 5.32. The lowest BCUT2D eigenvalue weighted by Crippen LogP contribution is -2.53. The lowest BCUT2D eigenvalue weighted by atomic mass is 9.86. The Morgan fingerprint density at radius 2 is 2.08 bits per heavy atom. The molecule has 3 rings (SSSR count). The van der Waals surface area contributed by atoms with Gasteiger partial charge in [-0.05, 0) is 37.0 Å². The van der Waals surface area contributed by atoms with Crippen molar-refractivity contribution < 1.29 is 19.4 Å². The summed E-state index contributed by atoms with van der Waals surface area (Å²) in [5, 5.41) is 13.2. The van der Waals surface area contributed by atoms with E-state index in [-0.39, 0.29) is 18.7 Å². The number of benzene rings is 1. The van der Waals surface area contributed by atoms with E-state index in [1.165, 1.54) is 0 Å². The topological polar surface area (TPSA) is 91.4 Å². The molecule has 1 aromatic carbocycles. The minimum absolute atomic E-state index is 0.0744. The van der Waals surface area contributed by atoms with E-state index in [0.29, 0.717) is 26.1 Å². The minimum Gasteiger partial charge on any atom is -0.481 e. The zero-order chi connectivity index (χ0) is 17.2. The quantitative estimate of drug-likeness (QED) is 0.783. The third kappa shape index (κ3) is 3.43. The summed E-state index contributed by atoms with van der Waals surface area (Å²) in [6.07, 6.45) is 3.06. The average molecular weight is 330 g/mol. The fraction of sp³-hybridized carbons (Fsp3) is 0.444. The van der Waals surface area contributed by atoms with Gasteiger partial charge < -0.3 is 20.1 Å². The van der Waals surface area contributed by atoms with Crippen LogP contribution in [0.15, 0.2) is 24.4 Å². The molecule has 0 saturated carbocycles. The lowest BCUT2D eigenvalue weighted by molar-refractivity contribution is -0.140. The van der Waals surface area contributed by atoms with Crippen molar-refractivity contribution in [1.29, 1.82) is 0 Å². The van der Waals surface area contributed by atoms with Gasteiger partial charge in [-0.3, -0.25) is 9.59 Å². The fourth-order valence-electron chi connectivity index (χ4n) is 3.50. The number of aryl methyl sites for hydroxylation is 1. The molecule has 0 radical (unpaired) electrons. The van der Waals surface area contributed by atoms with Gasteiger partial charge in [0, 0.05) is 30.3 Å². The van der Waals surface area contributed by atoms with E-state index in [2.05, 4.69) is 10.3 Å². The highest BCUT2D eigenvalue weighted by Crippen LogP contribution is 2.26. The zero-order valence-electron chi connectivity index (χ0n) is 13.7. The summed E-state index contributed by atoms with van der Waals surface area (Å²) >= 11 is 0. The Morgan fingerprint density at radius 3 is 2.79 bits per heavy atom. The van der Waals surface area contributed by atoms with Gasteiger partial charge in [0.05, 0.1) is 18.4 Å². The number of fused-ring (bicyclic) bond motifs is 1. The molecule has 1 aromatic heterocycles. The van der Waals surface area contributed by atoms with Gasteiger partial charge in [0.1, 0.15) is 0 Å². The monoisotopic (exact) mass is 330 g/mol. The number of hydrogen-bond acceptors (Lipinski definition) is 3. The summed E-state index contributed by atoms with van der Waals surface area (Å²) in [6.45, 7) is 2.96. The highest BCUT2D eigenvalue weighted by atomic mass is 16.5. The van der Waals surface area contributed by atoms with Crippen molar-refractivity contribution in [2.45, 2.75) is 38.1 Å². The number of carbonyl (C=O) groups excluding carboxylic acids is 1. The second-order valence-electron chi connectivity index (χ2n) is 6.50. The molecule has 6 nitrogen and oxygen atoms in total. The first-order valence-electron chi connectivity index (χ1n) is 8.15. The van der Waals surface area contributed by atoms with E-state index < -0.39 is 11.5 Å². The van der Waals surface area contributed by atoms with Crippen LogP contribution in [0.2, 0.25) is 0 Å². The Balaban J connectivity index is 1.77. The maximum atomic E-state index is 12.6. The molecule has 0 unspecified atom stereocenters. The third-order valence-electron chi connectivity index (χ3n) is 4.69. The smallest absolute Gasteiger partial charge is 0.305 e. The van der Waals surface area contributed by atoms with Crippen molar-refractivity contribution in [3.8, 4) is 0 Å². The van der Waals surface area contributed by atoms with Crippen LogP contribution < -0.4 is 5.32 Å². The molecule has 1 amide bonds. The Labute approximate surface area is 140 Å². The predicted octanol–water partition coefficient (Wildman–Crippen LogP) is 2.16. The van der Waals surface area contributed by atoms with Crippen molar-refractivity contribution >= 4 is 22.8 Å². The maximum Gasteiger partial charge on any atom is 0.305 e. The molecule has 0 aliphatic carbocycles. The molecule has 1 aliphatic rings. The second kappa shape index (κ2) is 6.65. The molecule has 2 heterocycles. The first-order valence-corrected chi connectivity index (χ1v) is 8.15. The van der Waals surface area contributed by atoms with Gasteiger partial charge in [0.25, 0.3) is 0 Å². The number of rotatable bonds is 5. The van der Waals surface area contributed by atoms with Gasteiger partial charge in [-0.1, -0.05) is 12.1 Å². The molecule has 0 bridgehead atoms. The Morgan fingerprint density at radius 1 is 1.33 bits per heavy atom. The average Bonchev–Trinajstić information content (AvgIpc) is 2.91. The minimum atomic E-state index is -0.903. The molecule has 6 heteroatoms. The van der Waals surface area contributed by atoms with Crippen LogP contribution in [0.5, 0.6) is 0 Å². The van der Waals surface area contributed by atoms with Gasteiger partial charge in [0.15, 0.2) is 0 Å². The normalized spacial score (nSPS) is 16.9. The highest BCUT2D eigenvalue weighted by Gasteiger charge is 2.36. The number of carbonyl (C=O) groups is 2. The third-order valence-corrected chi connectivity index (χ3v) is 4.69. The predicted molar refractivity (Wildman–Crippen MR) is 89.9 cm³/mol. The van der Waals surface area contributed by atoms with E-state index >= 15 is 0 Å². The molecule has 1 aliphatic heterocycles. The molecular formula is C18H22N2O4. The van der Waals surface area contributed by atoms with Crippen LogP contribution in [-0.4, -0.2) is 40.7 Å².